The number of nitrogens with one attached hydrogen (secondary N) is 4. The van der Waals surface area contributed by atoms with E-state index in [0.29, 0.717) is 0 Å². The summed E-state index contributed by atoms with van der Waals surface area (Å²) < 4.78 is 26.2. The molecule has 5 nitrogen and oxygen atoms in total. The second-order valence-corrected chi connectivity index (χ2v) is 5.92. The van der Waals surface area contributed by atoms with E-state index in [9.17, 15) is 8.78 Å². The number of likely N-dealkylation sites (tertiary alicyclic amines) is 1. The van der Waals surface area contributed by atoms with Gasteiger partial charge in [0.05, 0.1) is 0 Å². The van der Waals surface area contributed by atoms with Crippen LogP contribution < -0.4 is 10.6 Å². The van der Waals surface area contributed by atoms with Gasteiger partial charge in [-0.05, 0) is 30.5 Å². The maximum atomic E-state index is 13.1. The number of guanidine groups is 2. The lowest BCUT2D eigenvalue weighted by Crippen LogP contribution is -2.50. The van der Waals surface area contributed by atoms with E-state index in [-0.39, 0.29) is 37.9 Å². The van der Waals surface area contributed by atoms with Gasteiger partial charge >= 0.3 is 0 Å². The van der Waals surface area contributed by atoms with E-state index in [2.05, 4.69) is 10.6 Å². The third-order valence-electron chi connectivity index (χ3n) is 3.41. The Labute approximate surface area is 132 Å². The molecular weight excluding hydrogens is 308 g/mol. The molecule has 1 aromatic rings. The van der Waals surface area contributed by atoms with Gasteiger partial charge in [0.25, 0.3) is 5.92 Å². The van der Waals surface area contributed by atoms with Crippen molar-refractivity contribution in [3.05, 3.63) is 24.3 Å². The summed E-state index contributed by atoms with van der Waals surface area (Å²) in [5, 5.41) is 21.1. The highest BCUT2D eigenvalue weighted by atomic mass is 32.2. The van der Waals surface area contributed by atoms with E-state index >= 15 is 0 Å². The molecule has 0 bridgehead atoms. The molecule has 1 heterocycles. The lowest BCUT2D eigenvalue weighted by Gasteiger charge is -2.33. The molecule has 4 N–H and O–H groups in total. The van der Waals surface area contributed by atoms with Gasteiger partial charge in [-0.3, -0.25) is 16.1 Å². The molecule has 120 valence electrons. The third kappa shape index (κ3) is 4.59. The number of thioether (sulfide) groups is 1. The number of benzene rings is 1. The van der Waals surface area contributed by atoms with Crippen molar-refractivity contribution < 1.29 is 8.78 Å². The number of rotatable bonds is 2. The molecule has 0 radical (unpaired) electrons. The molecule has 2 rings (SSSR count). The molecule has 0 aliphatic carbocycles. The van der Waals surface area contributed by atoms with Gasteiger partial charge in [-0.15, -0.1) is 11.8 Å². The quantitative estimate of drug-likeness (QED) is 0.383. The summed E-state index contributed by atoms with van der Waals surface area (Å²) >= 11 is 1.63. The average Bonchev–Trinajstić information content (AvgIpc) is 2.47. The van der Waals surface area contributed by atoms with Crippen molar-refractivity contribution in [2.24, 2.45) is 0 Å². The number of anilines is 1. The Morgan fingerprint density at radius 3 is 2.32 bits per heavy atom. The average molecular weight is 327 g/mol. The first-order valence-corrected chi connectivity index (χ1v) is 8.10. The fourth-order valence-electron chi connectivity index (χ4n) is 2.10. The molecule has 1 aromatic carbocycles. The molecular formula is C14H19F2N5S. The molecule has 0 aromatic heterocycles. The minimum absolute atomic E-state index is 0.0336. The molecule has 8 heteroatoms. The van der Waals surface area contributed by atoms with Crippen LogP contribution in [0.25, 0.3) is 0 Å². The number of halogens is 2. The molecule has 0 unspecified atom stereocenters. The lowest BCUT2D eigenvalue weighted by molar-refractivity contribution is -0.0438. The summed E-state index contributed by atoms with van der Waals surface area (Å²) in [5.74, 6) is -2.73. The summed E-state index contributed by atoms with van der Waals surface area (Å²) in [6.07, 6.45) is 1.47. The fraction of sp³-hybridized carbons (Fsp3) is 0.429. The van der Waals surface area contributed by atoms with Gasteiger partial charge in [-0.1, -0.05) is 0 Å². The highest BCUT2D eigenvalue weighted by Gasteiger charge is 2.34. The van der Waals surface area contributed by atoms with Crippen LogP contribution >= 0.6 is 11.8 Å². The van der Waals surface area contributed by atoms with Gasteiger partial charge in [0.1, 0.15) is 0 Å². The van der Waals surface area contributed by atoms with Gasteiger partial charge in [0, 0.05) is 36.5 Å². The van der Waals surface area contributed by atoms with Crippen LogP contribution in [-0.4, -0.2) is 42.1 Å². The Morgan fingerprint density at radius 2 is 1.77 bits per heavy atom. The van der Waals surface area contributed by atoms with Crippen molar-refractivity contribution in [2.45, 2.75) is 23.7 Å². The standard InChI is InChI=1S/C14H19F2N5S/c1-22-11-4-2-10(3-5-11)19-12(17)20-13(18)21-8-6-14(15,16)7-9-21/h2-5H,6-9H2,1H3,(H4,17,18,19,20). The van der Waals surface area contributed by atoms with Crippen molar-refractivity contribution in [3.63, 3.8) is 0 Å². The third-order valence-corrected chi connectivity index (χ3v) is 4.16. The first-order valence-electron chi connectivity index (χ1n) is 6.87. The van der Waals surface area contributed by atoms with Crippen LogP contribution in [0.1, 0.15) is 12.8 Å². The van der Waals surface area contributed by atoms with Crippen molar-refractivity contribution in [2.75, 3.05) is 24.7 Å². The zero-order chi connectivity index (χ0) is 16.2. The zero-order valence-corrected chi connectivity index (χ0v) is 13.1. The molecule has 0 atom stereocenters. The predicted octanol–water partition coefficient (Wildman–Crippen LogP) is 3.01. The Bertz CT molecular complexity index is 537. The first kappa shape index (κ1) is 16.5. The van der Waals surface area contributed by atoms with E-state index < -0.39 is 5.92 Å². The number of alkyl halides is 2. The number of hydrogen-bond acceptors (Lipinski definition) is 3. The van der Waals surface area contributed by atoms with Crippen LogP contribution in [-0.2, 0) is 0 Å². The maximum absolute atomic E-state index is 13.1. The second-order valence-electron chi connectivity index (χ2n) is 5.05. The SMILES string of the molecule is CSc1ccc(NC(=N)NC(=N)N2CCC(F)(F)CC2)cc1. The summed E-state index contributed by atoms with van der Waals surface area (Å²) in [4.78, 5) is 2.64. The van der Waals surface area contributed by atoms with Gasteiger partial charge < -0.3 is 10.2 Å². The van der Waals surface area contributed by atoms with Crippen LogP contribution in [0.5, 0.6) is 0 Å². The van der Waals surface area contributed by atoms with Crippen molar-refractivity contribution in [3.8, 4) is 0 Å². The topological polar surface area (TPSA) is 75.0 Å². The Kier molecular flexibility index (Phi) is 5.23. The van der Waals surface area contributed by atoms with E-state index in [1.807, 2.05) is 30.5 Å². The minimum Gasteiger partial charge on any atom is -0.342 e. The van der Waals surface area contributed by atoms with Gasteiger partial charge in [0.15, 0.2) is 11.9 Å². The first-order chi connectivity index (χ1) is 10.4. The monoisotopic (exact) mass is 327 g/mol. The highest BCUT2D eigenvalue weighted by Crippen LogP contribution is 2.27. The molecule has 1 aliphatic heterocycles. The predicted molar refractivity (Wildman–Crippen MR) is 86.2 cm³/mol. The number of piperidine rings is 1. The van der Waals surface area contributed by atoms with Crippen LogP contribution in [0.3, 0.4) is 0 Å². The van der Waals surface area contributed by atoms with E-state index in [0.717, 1.165) is 10.6 Å². The molecule has 1 aliphatic rings. The molecule has 0 spiro atoms. The smallest absolute Gasteiger partial charge is 0.251 e. The fourth-order valence-corrected chi connectivity index (χ4v) is 2.51. The summed E-state index contributed by atoms with van der Waals surface area (Å²) in [6, 6.07) is 7.54. The number of nitrogens with zero attached hydrogens (tertiary/aromatic N) is 1. The van der Waals surface area contributed by atoms with Crippen LogP contribution in [0, 0.1) is 10.8 Å². The van der Waals surface area contributed by atoms with Gasteiger partial charge in [-0.2, -0.15) is 0 Å². The van der Waals surface area contributed by atoms with Gasteiger partial charge in [0.2, 0.25) is 0 Å². The molecule has 1 fully saturated rings. The zero-order valence-electron chi connectivity index (χ0n) is 12.2. The Balaban J connectivity index is 1.82. The summed E-state index contributed by atoms with van der Waals surface area (Å²) in [5.41, 5.74) is 0.730. The van der Waals surface area contributed by atoms with Crippen molar-refractivity contribution in [1.29, 1.82) is 10.8 Å². The second kappa shape index (κ2) is 6.95. The van der Waals surface area contributed by atoms with E-state index in [1.54, 1.807) is 11.8 Å². The molecule has 1 saturated heterocycles. The minimum atomic E-state index is -2.64. The normalized spacial score (nSPS) is 17.0. The van der Waals surface area contributed by atoms with Crippen LogP contribution in [0.4, 0.5) is 14.5 Å². The van der Waals surface area contributed by atoms with Gasteiger partial charge in [-0.25, -0.2) is 8.78 Å². The summed E-state index contributed by atoms with van der Waals surface area (Å²) in [6.45, 7) is 0.239. The highest BCUT2D eigenvalue weighted by molar-refractivity contribution is 7.98. The van der Waals surface area contributed by atoms with Crippen LogP contribution in [0.2, 0.25) is 0 Å². The molecule has 0 amide bonds. The molecule has 0 saturated carbocycles. The lowest BCUT2D eigenvalue weighted by atomic mass is 10.1. The largest absolute Gasteiger partial charge is 0.342 e. The summed E-state index contributed by atoms with van der Waals surface area (Å²) in [7, 11) is 0. The Hall–Kier alpha value is -1.83. The van der Waals surface area contributed by atoms with E-state index in [1.165, 1.54) is 4.90 Å². The number of hydrogen-bond donors (Lipinski definition) is 4. The van der Waals surface area contributed by atoms with Crippen molar-refractivity contribution >= 4 is 29.4 Å². The van der Waals surface area contributed by atoms with Crippen molar-refractivity contribution in [1.82, 2.24) is 10.2 Å². The molecule has 22 heavy (non-hydrogen) atoms. The van der Waals surface area contributed by atoms with Crippen LogP contribution in [0.15, 0.2) is 29.2 Å². The van der Waals surface area contributed by atoms with E-state index in [4.69, 9.17) is 10.8 Å². The Morgan fingerprint density at radius 1 is 1.18 bits per heavy atom. The maximum Gasteiger partial charge on any atom is 0.251 e.